The molecule has 0 aliphatic rings. The molecule has 0 atom stereocenters. The largest absolute Gasteiger partial charge is 0.247 e. The molecule has 9 rings (SSSR count). The molecule has 210 valence electrons. The average molecular weight is 593 g/mol. The fourth-order valence-corrected chi connectivity index (χ4v) is 7.42. The molecule has 0 bridgehead atoms. The highest BCUT2D eigenvalue weighted by molar-refractivity contribution is 7.26. The molecule has 0 saturated heterocycles. The van der Waals surface area contributed by atoms with Crippen LogP contribution in [0.3, 0.4) is 0 Å². The van der Waals surface area contributed by atoms with Crippen LogP contribution in [-0.2, 0) is 0 Å². The second kappa shape index (κ2) is 10.4. The summed E-state index contributed by atoms with van der Waals surface area (Å²) < 4.78 is 2.54. The smallest absolute Gasteiger partial charge is 0.164 e. The topological polar surface area (TPSA) is 51.6 Å². The Balaban J connectivity index is 1.23. The quantitative estimate of drug-likeness (QED) is 0.191. The number of hydrogen-bond donors (Lipinski definition) is 0. The van der Waals surface area contributed by atoms with Crippen molar-refractivity contribution in [3.63, 3.8) is 0 Å². The molecule has 4 nitrogen and oxygen atoms in total. The molecule has 3 heterocycles. The minimum absolute atomic E-state index is 0.637. The zero-order chi connectivity index (χ0) is 29.7. The third kappa shape index (κ3) is 4.36. The summed E-state index contributed by atoms with van der Waals surface area (Å²) in [6.45, 7) is 0. The van der Waals surface area contributed by atoms with E-state index in [2.05, 4.69) is 84.9 Å². The van der Waals surface area contributed by atoms with E-state index in [1.807, 2.05) is 72.0 Å². The Morgan fingerprint density at radius 1 is 0.378 bits per heavy atom. The first-order chi connectivity index (χ1) is 22.3. The van der Waals surface area contributed by atoms with E-state index < -0.39 is 0 Å². The molecule has 9 aromatic rings. The first kappa shape index (κ1) is 25.7. The maximum Gasteiger partial charge on any atom is 0.164 e. The Labute approximate surface area is 263 Å². The summed E-state index contributed by atoms with van der Waals surface area (Å²) in [6, 6.07) is 50.2. The summed E-state index contributed by atoms with van der Waals surface area (Å²) in [5, 5.41) is 6.11. The Morgan fingerprint density at radius 3 is 1.58 bits per heavy atom. The molecule has 0 saturated carbocycles. The van der Waals surface area contributed by atoms with E-state index in [0.717, 1.165) is 33.5 Å². The summed E-state index contributed by atoms with van der Waals surface area (Å²) in [4.78, 5) is 20.0. The van der Waals surface area contributed by atoms with Crippen LogP contribution >= 0.6 is 11.3 Å². The maximum absolute atomic E-state index is 5.32. The first-order valence-electron chi connectivity index (χ1n) is 14.9. The highest BCUT2D eigenvalue weighted by Crippen LogP contribution is 2.44. The molecule has 5 heteroatoms. The molecular weight excluding hydrogens is 569 g/mol. The third-order valence-corrected chi connectivity index (χ3v) is 9.50. The zero-order valence-corrected chi connectivity index (χ0v) is 24.9. The third-order valence-electron chi connectivity index (χ3n) is 8.31. The predicted octanol–water partition coefficient (Wildman–Crippen LogP) is 10.6. The normalized spacial score (nSPS) is 11.6. The summed E-state index contributed by atoms with van der Waals surface area (Å²) >= 11 is 1.85. The van der Waals surface area contributed by atoms with Gasteiger partial charge in [0, 0.05) is 47.8 Å². The van der Waals surface area contributed by atoms with Gasteiger partial charge in [-0.3, -0.25) is 0 Å². The van der Waals surface area contributed by atoms with Crippen LogP contribution in [0, 0.1) is 0 Å². The number of aromatic nitrogens is 4. The van der Waals surface area contributed by atoms with Crippen LogP contribution < -0.4 is 0 Å². The second-order valence-corrected chi connectivity index (χ2v) is 12.1. The van der Waals surface area contributed by atoms with Crippen LogP contribution in [0.2, 0.25) is 0 Å². The number of nitrogens with zero attached hydrogens (tertiary/aromatic N) is 4. The lowest BCUT2D eigenvalue weighted by molar-refractivity contribution is 1.07. The van der Waals surface area contributed by atoms with Crippen molar-refractivity contribution >= 4 is 53.2 Å². The lowest BCUT2D eigenvalue weighted by atomic mass is 9.99. The van der Waals surface area contributed by atoms with Crippen LogP contribution in [-0.4, -0.2) is 19.9 Å². The van der Waals surface area contributed by atoms with Gasteiger partial charge in [0.25, 0.3) is 0 Å². The molecule has 0 radical (unpaired) electrons. The van der Waals surface area contributed by atoms with Crippen molar-refractivity contribution in [2.75, 3.05) is 0 Å². The lowest BCUT2D eigenvalue weighted by Gasteiger charge is -2.11. The van der Waals surface area contributed by atoms with Crippen molar-refractivity contribution in [3.8, 4) is 45.4 Å². The predicted molar refractivity (Wildman–Crippen MR) is 187 cm³/mol. The molecule has 0 aliphatic carbocycles. The SMILES string of the molecule is c1ccc(-c2nc(-c3ccccc3)nc(-c3ccc(-c4nc5ccc6ccccc6c5c5sc6ccccc6c45)cc3)n2)cc1. The minimum atomic E-state index is 0.637. The van der Waals surface area contributed by atoms with Gasteiger partial charge in [0.05, 0.1) is 11.2 Å². The van der Waals surface area contributed by atoms with Crippen LogP contribution in [0.1, 0.15) is 0 Å². The number of fused-ring (bicyclic) bond motifs is 7. The molecule has 0 amide bonds. The number of thiophene rings is 1. The Hall–Kier alpha value is -5.78. The summed E-state index contributed by atoms with van der Waals surface area (Å²) in [5.41, 5.74) is 5.88. The van der Waals surface area contributed by atoms with Crippen LogP contribution in [0.4, 0.5) is 0 Å². The molecule has 3 aromatic heterocycles. The van der Waals surface area contributed by atoms with Gasteiger partial charge in [-0.2, -0.15) is 0 Å². The van der Waals surface area contributed by atoms with Gasteiger partial charge in [0.15, 0.2) is 17.5 Å². The monoisotopic (exact) mass is 592 g/mol. The maximum atomic E-state index is 5.32. The standard InChI is InChI=1S/C40H24N4S/c1-3-12-27(13-4-1)38-42-39(28-14-5-2-6-15-28)44-40(43-38)29-21-19-26(20-22-29)36-35-31-17-9-10-18-33(31)45-37(35)34-30-16-8-7-11-25(30)23-24-32(34)41-36/h1-24H. The zero-order valence-electron chi connectivity index (χ0n) is 24.1. The highest BCUT2D eigenvalue weighted by Gasteiger charge is 2.18. The molecule has 0 fully saturated rings. The van der Waals surface area contributed by atoms with Gasteiger partial charge in [-0.1, -0.05) is 133 Å². The Morgan fingerprint density at radius 2 is 0.911 bits per heavy atom. The minimum Gasteiger partial charge on any atom is -0.247 e. The van der Waals surface area contributed by atoms with E-state index in [-0.39, 0.29) is 0 Å². The summed E-state index contributed by atoms with van der Waals surface area (Å²) in [7, 11) is 0. The van der Waals surface area contributed by atoms with Gasteiger partial charge in [-0.15, -0.1) is 11.3 Å². The number of rotatable bonds is 4. The molecule has 45 heavy (non-hydrogen) atoms. The van der Waals surface area contributed by atoms with Gasteiger partial charge in [-0.05, 0) is 22.9 Å². The first-order valence-corrected chi connectivity index (χ1v) is 15.7. The molecule has 0 N–H and O–H groups in total. The van der Waals surface area contributed by atoms with Gasteiger partial charge >= 0.3 is 0 Å². The number of benzene rings is 6. The Kier molecular flexibility index (Phi) is 5.96. The molecule has 0 unspecified atom stereocenters. The second-order valence-electron chi connectivity index (χ2n) is 11.1. The highest BCUT2D eigenvalue weighted by atomic mass is 32.1. The molecule has 0 spiro atoms. The number of pyridine rings is 1. The molecule has 6 aromatic carbocycles. The van der Waals surface area contributed by atoms with Gasteiger partial charge in [0.2, 0.25) is 0 Å². The fraction of sp³-hybridized carbons (Fsp3) is 0. The van der Waals surface area contributed by atoms with Crippen molar-refractivity contribution in [2.45, 2.75) is 0 Å². The van der Waals surface area contributed by atoms with E-state index in [0.29, 0.717) is 17.5 Å². The van der Waals surface area contributed by atoms with Crippen molar-refractivity contribution in [2.24, 2.45) is 0 Å². The van der Waals surface area contributed by atoms with E-state index in [1.54, 1.807) is 0 Å². The van der Waals surface area contributed by atoms with Gasteiger partial charge < -0.3 is 0 Å². The summed E-state index contributed by atoms with van der Waals surface area (Å²) in [5.74, 6) is 1.94. The van der Waals surface area contributed by atoms with Gasteiger partial charge in [0.1, 0.15) is 0 Å². The van der Waals surface area contributed by atoms with Crippen LogP contribution in [0.25, 0.3) is 87.3 Å². The molecular formula is C40H24N4S. The van der Waals surface area contributed by atoms with E-state index in [1.165, 1.54) is 36.3 Å². The number of hydrogen-bond acceptors (Lipinski definition) is 5. The Bertz CT molecular complexity index is 2460. The molecule has 0 aliphatic heterocycles. The fourth-order valence-electron chi connectivity index (χ4n) is 6.15. The van der Waals surface area contributed by atoms with Crippen molar-refractivity contribution in [3.05, 3.63) is 146 Å². The average Bonchev–Trinajstić information content (AvgIpc) is 3.51. The van der Waals surface area contributed by atoms with Gasteiger partial charge in [-0.25, -0.2) is 19.9 Å². The van der Waals surface area contributed by atoms with Crippen molar-refractivity contribution < 1.29 is 0 Å². The summed E-state index contributed by atoms with van der Waals surface area (Å²) in [6.07, 6.45) is 0. The van der Waals surface area contributed by atoms with Crippen molar-refractivity contribution in [1.82, 2.24) is 19.9 Å². The van der Waals surface area contributed by atoms with E-state index in [9.17, 15) is 0 Å². The van der Waals surface area contributed by atoms with E-state index in [4.69, 9.17) is 19.9 Å². The van der Waals surface area contributed by atoms with Crippen molar-refractivity contribution in [1.29, 1.82) is 0 Å². The van der Waals surface area contributed by atoms with E-state index >= 15 is 0 Å². The lowest BCUT2D eigenvalue weighted by Crippen LogP contribution is -2.00. The van der Waals surface area contributed by atoms with Crippen LogP contribution in [0.5, 0.6) is 0 Å². The van der Waals surface area contributed by atoms with Crippen LogP contribution in [0.15, 0.2) is 146 Å².